The molecule has 0 aliphatic heterocycles. The normalized spacial score (nSPS) is 8.09. The van der Waals surface area contributed by atoms with Crippen molar-refractivity contribution in [3.05, 3.63) is 30.3 Å². The number of benzene rings is 1. The van der Waals surface area contributed by atoms with Crippen LogP contribution in [0, 0.1) is 0 Å². The summed E-state index contributed by atoms with van der Waals surface area (Å²) in [5.41, 5.74) is 0. The number of para-hydroxylation sites is 1. The average molecular weight is 227 g/mol. The van der Waals surface area contributed by atoms with Crippen LogP contribution in [-0.2, 0) is 31.0 Å². The van der Waals surface area contributed by atoms with Crippen molar-refractivity contribution in [1.29, 1.82) is 0 Å². The number of hydrogen-bond donors (Lipinski definition) is 0. The van der Waals surface area contributed by atoms with E-state index in [9.17, 15) is 4.79 Å². The zero-order chi connectivity index (χ0) is 7.40. The van der Waals surface area contributed by atoms with Crippen molar-refractivity contribution in [2.45, 2.75) is 6.92 Å². The van der Waals surface area contributed by atoms with E-state index in [0.717, 1.165) is 0 Å². The smallest absolute Gasteiger partial charge is 0.308 e. The van der Waals surface area contributed by atoms with Crippen LogP contribution in [0.2, 0.25) is 0 Å². The van der Waals surface area contributed by atoms with Gasteiger partial charge in [0.2, 0.25) is 0 Å². The van der Waals surface area contributed by atoms with Gasteiger partial charge in [-0.1, -0.05) is 18.2 Å². The maximum Gasteiger partial charge on any atom is 0.308 e. The molecule has 0 heterocycles. The molecule has 0 N–H and O–H groups in total. The third-order valence-electron chi connectivity index (χ3n) is 1.00. The first-order chi connectivity index (χ1) is 4.79. The van der Waals surface area contributed by atoms with Crippen molar-refractivity contribution in [3.8, 4) is 5.75 Å². The van der Waals surface area contributed by atoms with Gasteiger partial charge in [0, 0.05) is 33.1 Å². The van der Waals surface area contributed by atoms with Crippen molar-refractivity contribution >= 4 is 5.97 Å². The van der Waals surface area contributed by atoms with Crippen LogP contribution in [0.1, 0.15) is 6.92 Å². The molecule has 0 amide bonds. The predicted octanol–water partition coefficient (Wildman–Crippen LogP) is 1.61. The quantitative estimate of drug-likeness (QED) is 0.538. The van der Waals surface area contributed by atoms with Gasteiger partial charge in [-0.25, -0.2) is 0 Å². The van der Waals surface area contributed by atoms with E-state index in [1.54, 1.807) is 12.1 Å². The van der Waals surface area contributed by atoms with Crippen LogP contribution in [0.25, 0.3) is 0 Å². The molecule has 0 aliphatic rings. The molecule has 0 bridgehead atoms. The van der Waals surface area contributed by atoms with Crippen LogP contribution in [0.3, 0.4) is 0 Å². The van der Waals surface area contributed by atoms with Gasteiger partial charge in [0.1, 0.15) is 5.75 Å². The third kappa shape index (κ3) is 4.10. The van der Waals surface area contributed by atoms with Gasteiger partial charge in [-0.15, -0.1) is 0 Å². The average Bonchev–Trinajstić information content (AvgIpc) is 1.88. The molecular formula is C8H8O2Zr. The first-order valence-corrected chi connectivity index (χ1v) is 3.02. The Morgan fingerprint density at radius 2 is 1.82 bits per heavy atom. The first kappa shape index (κ1) is 10.6. The van der Waals surface area contributed by atoms with Crippen molar-refractivity contribution in [1.82, 2.24) is 0 Å². The van der Waals surface area contributed by atoms with Crippen LogP contribution in [0.15, 0.2) is 30.3 Å². The summed E-state index contributed by atoms with van der Waals surface area (Å²) in [7, 11) is 0. The van der Waals surface area contributed by atoms with Crippen LogP contribution in [0.5, 0.6) is 5.75 Å². The minimum absolute atomic E-state index is 0. The van der Waals surface area contributed by atoms with Gasteiger partial charge in [-0.3, -0.25) is 4.79 Å². The zero-order valence-electron chi connectivity index (χ0n) is 6.20. The molecule has 0 fully saturated rings. The Bertz CT molecular complexity index is 221. The molecule has 0 atom stereocenters. The summed E-state index contributed by atoms with van der Waals surface area (Å²) in [5, 5.41) is 0. The van der Waals surface area contributed by atoms with E-state index in [0.29, 0.717) is 5.75 Å². The molecule has 0 saturated heterocycles. The van der Waals surface area contributed by atoms with Gasteiger partial charge in [0.25, 0.3) is 0 Å². The Hall–Kier alpha value is -0.427. The molecule has 0 unspecified atom stereocenters. The molecular weight excluding hydrogens is 219 g/mol. The van der Waals surface area contributed by atoms with E-state index in [-0.39, 0.29) is 32.2 Å². The summed E-state index contributed by atoms with van der Waals surface area (Å²) < 4.78 is 4.78. The number of ether oxygens (including phenoxy) is 1. The van der Waals surface area contributed by atoms with E-state index >= 15 is 0 Å². The van der Waals surface area contributed by atoms with Crippen LogP contribution >= 0.6 is 0 Å². The topological polar surface area (TPSA) is 26.3 Å². The van der Waals surface area contributed by atoms with Gasteiger partial charge in [0.05, 0.1) is 0 Å². The number of esters is 1. The predicted molar refractivity (Wildman–Crippen MR) is 37.8 cm³/mol. The minimum Gasteiger partial charge on any atom is -0.427 e. The molecule has 1 aromatic carbocycles. The zero-order valence-corrected chi connectivity index (χ0v) is 8.66. The largest absolute Gasteiger partial charge is 0.427 e. The monoisotopic (exact) mass is 226 g/mol. The summed E-state index contributed by atoms with van der Waals surface area (Å²) in [4.78, 5) is 10.4. The summed E-state index contributed by atoms with van der Waals surface area (Å²) in [6.07, 6.45) is 0. The number of hydrogen-bond acceptors (Lipinski definition) is 2. The third-order valence-corrected chi connectivity index (χ3v) is 1.00. The molecule has 56 valence electrons. The molecule has 0 aromatic heterocycles. The van der Waals surface area contributed by atoms with Crippen molar-refractivity contribution in [2.75, 3.05) is 0 Å². The molecule has 1 rings (SSSR count). The Balaban J connectivity index is 0.000001000. The Kier molecular flexibility index (Phi) is 5.05. The maximum atomic E-state index is 10.4. The van der Waals surface area contributed by atoms with Crippen molar-refractivity contribution in [2.24, 2.45) is 0 Å². The SMILES string of the molecule is CC(=O)Oc1ccccc1.[Zr]. The molecule has 1 aromatic rings. The first-order valence-electron chi connectivity index (χ1n) is 3.02. The van der Waals surface area contributed by atoms with Gasteiger partial charge in [0.15, 0.2) is 0 Å². The molecule has 0 aliphatic carbocycles. The van der Waals surface area contributed by atoms with Crippen LogP contribution in [-0.4, -0.2) is 5.97 Å². The van der Waals surface area contributed by atoms with Gasteiger partial charge in [-0.2, -0.15) is 0 Å². The molecule has 0 radical (unpaired) electrons. The molecule has 2 nitrogen and oxygen atoms in total. The number of rotatable bonds is 1. The summed E-state index contributed by atoms with van der Waals surface area (Å²) in [5.74, 6) is 0.307. The maximum absolute atomic E-state index is 10.4. The fourth-order valence-electron chi connectivity index (χ4n) is 0.655. The standard InChI is InChI=1S/C8H8O2.Zr/c1-7(9)10-8-5-3-2-4-6-8;/h2-6H,1H3;. The molecule has 3 heteroatoms. The summed E-state index contributed by atoms with van der Waals surface area (Å²) in [6.45, 7) is 1.38. The second-order valence-electron chi connectivity index (χ2n) is 1.91. The minimum atomic E-state index is -0.286. The summed E-state index contributed by atoms with van der Waals surface area (Å²) in [6, 6.07) is 8.98. The van der Waals surface area contributed by atoms with Crippen molar-refractivity contribution < 1.29 is 35.7 Å². The molecule has 11 heavy (non-hydrogen) atoms. The second-order valence-corrected chi connectivity index (χ2v) is 1.91. The number of carbonyl (C=O) groups excluding carboxylic acids is 1. The fraction of sp³-hybridized carbons (Fsp3) is 0.125. The van der Waals surface area contributed by atoms with E-state index in [2.05, 4.69) is 0 Å². The Morgan fingerprint density at radius 1 is 1.27 bits per heavy atom. The Labute approximate surface area is 84.7 Å². The summed E-state index contributed by atoms with van der Waals surface area (Å²) >= 11 is 0. The van der Waals surface area contributed by atoms with E-state index in [4.69, 9.17) is 4.74 Å². The van der Waals surface area contributed by atoms with Gasteiger partial charge >= 0.3 is 5.97 Å². The fourth-order valence-corrected chi connectivity index (χ4v) is 0.655. The van der Waals surface area contributed by atoms with Crippen molar-refractivity contribution in [3.63, 3.8) is 0 Å². The van der Waals surface area contributed by atoms with E-state index in [1.165, 1.54) is 6.92 Å². The Morgan fingerprint density at radius 3 is 2.27 bits per heavy atom. The molecule has 0 saturated carbocycles. The van der Waals surface area contributed by atoms with E-state index in [1.807, 2.05) is 18.2 Å². The number of carbonyl (C=O) groups is 1. The van der Waals surface area contributed by atoms with Gasteiger partial charge < -0.3 is 4.74 Å². The second kappa shape index (κ2) is 5.25. The van der Waals surface area contributed by atoms with Crippen LogP contribution in [0.4, 0.5) is 0 Å². The molecule has 0 spiro atoms. The van der Waals surface area contributed by atoms with Crippen LogP contribution < -0.4 is 4.74 Å². The van der Waals surface area contributed by atoms with E-state index < -0.39 is 0 Å². The van der Waals surface area contributed by atoms with Gasteiger partial charge in [-0.05, 0) is 12.1 Å².